The normalized spacial score (nSPS) is 20.1. The summed E-state index contributed by atoms with van der Waals surface area (Å²) in [5, 5.41) is 6.41. The van der Waals surface area contributed by atoms with Gasteiger partial charge in [-0.05, 0) is 90.7 Å². The van der Waals surface area contributed by atoms with E-state index in [2.05, 4.69) is 117 Å². The minimum atomic E-state index is 0.379. The summed E-state index contributed by atoms with van der Waals surface area (Å²) >= 11 is 0. The van der Waals surface area contributed by atoms with Gasteiger partial charge >= 0.3 is 0 Å². The highest BCUT2D eigenvalue weighted by atomic mass is 15.3. The van der Waals surface area contributed by atoms with Crippen molar-refractivity contribution in [1.82, 2.24) is 35.1 Å². The lowest BCUT2D eigenvalue weighted by Gasteiger charge is -2.39. The minimum Gasteiger partial charge on any atom is -0.320 e. The predicted octanol–water partition coefficient (Wildman–Crippen LogP) is 5.51. The van der Waals surface area contributed by atoms with Crippen LogP contribution >= 0.6 is 0 Å². The van der Waals surface area contributed by atoms with E-state index < -0.39 is 0 Å². The molecule has 0 saturated carbocycles. The van der Waals surface area contributed by atoms with Gasteiger partial charge in [0.2, 0.25) is 0 Å². The second kappa shape index (κ2) is 24.3. The maximum atomic E-state index is 3.23. The number of hydrogen-bond acceptors (Lipinski definition) is 7. The van der Waals surface area contributed by atoms with Gasteiger partial charge in [0.1, 0.15) is 0 Å². The summed E-state index contributed by atoms with van der Waals surface area (Å²) in [5.74, 6) is 0. The number of rotatable bonds is 15. The van der Waals surface area contributed by atoms with Crippen LogP contribution in [-0.4, -0.2) is 143 Å². The summed E-state index contributed by atoms with van der Waals surface area (Å²) < 4.78 is 0. The zero-order valence-electron chi connectivity index (χ0n) is 31.0. The van der Waals surface area contributed by atoms with Crippen LogP contribution in [0.4, 0.5) is 0 Å². The third-order valence-corrected chi connectivity index (χ3v) is 10.2. The molecule has 5 rings (SSSR count). The Hall–Kier alpha value is -1.84. The molecule has 0 bridgehead atoms. The number of benzene rings is 2. The number of likely N-dealkylation sites (N-methyl/N-ethyl adjacent to an activating group) is 3. The van der Waals surface area contributed by atoms with E-state index in [1.165, 1.54) is 122 Å². The van der Waals surface area contributed by atoms with Crippen molar-refractivity contribution in [1.29, 1.82) is 0 Å². The van der Waals surface area contributed by atoms with Crippen LogP contribution < -0.4 is 10.6 Å². The van der Waals surface area contributed by atoms with Crippen LogP contribution in [0.1, 0.15) is 76.0 Å². The van der Waals surface area contributed by atoms with E-state index in [9.17, 15) is 0 Å². The van der Waals surface area contributed by atoms with Gasteiger partial charge < -0.3 is 25.3 Å². The molecule has 3 fully saturated rings. The molecule has 266 valence electrons. The Balaban J connectivity index is 0.000000225. The molecule has 0 aromatic heterocycles. The van der Waals surface area contributed by atoms with Crippen molar-refractivity contribution < 1.29 is 0 Å². The third-order valence-electron chi connectivity index (χ3n) is 10.2. The quantitative estimate of drug-likeness (QED) is 0.247. The largest absolute Gasteiger partial charge is 0.320 e. The summed E-state index contributed by atoms with van der Waals surface area (Å²) in [7, 11) is 6.25. The van der Waals surface area contributed by atoms with Crippen LogP contribution in [0, 0.1) is 0 Å². The average Bonchev–Trinajstić information content (AvgIpc) is 3.57. The van der Waals surface area contributed by atoms with Gasteiger partial charge in [0, 0.05) is 64.9 Å². The summed E-state index contributed by atoms with van der Waals surface area (Å²) in [6, 6.07) is 23.2. The van der Waals surface area contributed by atoms with E-state index in [4.69, 9.17) is 0 Å². The minimum absolute atomic E-state index is 0.379. The Kier molecular flexibility index (Phi) is 20.5. The Morgan fingerprint density at radius 3 is 1.77 bits per heavy atom. The zero-order valence-corrected chi connectivity index (χ0v) is 31.0. The molecule has 2 N–H and O–H groups in total. The maximum Gasteiger partial charge on any atom is 0.0602 e. The van der Waals surface area contributed by atoms with Crippen LogP contribution in [0.2, 0.25) is 0 Å². The van der Waals surface area contributed by atoms with Crippen LogP contribution in [0.5, 0.6) is 0 Å². The third kappa shape index (κ3) is 15.1. The summed E-state index contributed by atoms with van der Waals surface area (Å²) in [6.07, 6.45) is 9.49. The van der Waals surface area contributed by atoms with Gasteiger partial charge in [-0.2, -0.15) is 0 Å². The van der Waals surface area contributed by atoms with E-state index in [-0.39, 0.29) is 0 Å². The van der Waals surface area contributed by atoms with Crippen molar-refractivity contribution in [3.63, 3.8) is 0 Å². The topological polar surface area (TPSA) is 40.3 Å². The van der Waals surface area contributed by atoms with Crippen LogP contribution in [0.15, 0.2) is 60.7 Å². The molecule has 1 atom stereocenters. The van der Waals surface area contributed by atoms with Gasteiger partial charge in [0.15, 0.2) is 0 Å². The van der Waals surface area contributed by atoms with E-state index in [1.807, 2.05) is 14.1 Å². The number of unbranched alkanes of at least 4 members (excludes halogenated alkanes) is 3. The number of piperazine rings is 2. The first kappa shape index (κ1) is 39.6. The number of nitrogens with zero attached hydrogens (tertiary/aromatic N) is 5. The van der Waals surface area contributed by atoms with Gasteiger partial charge in [0.05, 0.1) is 6.04 Å². The summed E-state index contributed by atoms with van der Waals surface area (Å²) in [6.45, 7) is 21.6. The second-order valence-corrected chi connectivity index (χ2v) is 13.7. The van der Waals surface area contributed by atoms with Gasteiger partial charge in [-0.1, -0.05) is 93.8 Å². The Morgan fingerprint density at radius 2 is 1.23 bits per heavy atom. The summed E-state index contributed by atoms with van der Waals surface area (Å²) in [5.41, 5.74) is 2.81. The lowest BCUT2D eigenvalue weighted by Crippen LogP contribution is -2.48. The molecule has 3 aliphatic heterocycles. The van der Waals surface area contributed by atoms with Crippen molar-refractivity contribution in [3.05, 3.63) is 71.8 Å². The highest BCUT2D eigenvalue weighted by molar-refractivity contribution is 5.32. The molecule has 2 aromatic rings. The van der Waals surface area contributed by atoms with Crippen molar-refractivity contribution in [3.8, 4) is 0 Å². The van der Waals surface area contributed by atoms with Crippen molar-refractivity contribution in [2.45, 2.75) is 70.9 Å². The fourth-order valence-corrected chi connectivity index (χ4v) is 7.22. The van der Waals surface area contributed by atoms with E-state index in [0.717, 1.165) is 32.2 Å². The molecule has 0 amide bonds. The molecule has 2 aromatic carbocycles. The molecule has 0 spiro atoms. The smallest absolute Gasteiger partial charge is 0.0602 e. The lowest BCUT2D eigenvalue weighted by molar-refractivity contribution is 0.108. The number of likely N-dealkylation sites (tertiary alicyclic amines) is 1. The molecular formula is C40H71N7. The SMILES string of the molecule is CCCCCCN1CCN(C(c2ccccc2)c2ccccc2)CC1.CCN1CCCC1CNC.CNCCCN1CCN(C)CC1. The van der Waals surface area contributed by atoms with Crippen LogP contribution in [0.25, 0.3) is 0 Å². The Morgan fingerprint density at radius 1 is 0.660 bits per heavy atom. The van der Waals surface area contributed by atoms with E-state index in [1.54, 1.807) is 0 Å². The lowest BCUT2D eigenvalue weighted by atomic mass is 9.96. The van der Waals surface area contributed by atoms with Gasteiger partial charge in [-0.25, -0.2) is 0 Å². The zero-order chi connectivity index (χ0) is 33.5. The average molecular weight is 650 g/mol. The second-order valence-electron chi connectivity index (χ2n) is 13.7. The maximum absolute atomic E-state index is 3.23. The molecule has 0 aliphatic carbocycles. The van der Waals surface area contributed by atoms with Crippen LogP contribution in [0.3, 0.4) is 0 Å². The number of nitrogens with one attached hydrogen (secondary N) is 2. The monoisotopic (exact) mass is 650 g/mol. The molecule has 3 saturated heterocycles. The van der Waals surface area contributed by atoms with E-state index >= 15 is 0 Å². The standard InChI is InChI=1S/C23H32N2.C9H21N3.C8H18N2/c1-2-3-4-11-16-24-17-19-25(20-18-24)23(21-12-7-5-8-13-21)22-14-9-6-10-15-22;1-10-4-3-5-12-8-6-11(2)7-9-12;1-3-10-6-4-5-8(10)7-9-2/h5-10,12-15,23H,2-4,11,16-20H2,1H3;10H,3-9H2,1-2H3;8-9H,3-7H2,1-2H3. The Bertz CT molecular complexity index is 951. The first-order valence-corrected chi connectivity index (χ1v) is 19.1. The molecule has 7 heteroatoms. The molecule has 3 heterocycles. The van der Waals surface area contributed by atoms with Gasteiger partial charge in [-0.15, -0.1) is 0 Å². The molecule has 47 heavy (non-hydrogen) atoms. The first-order chi connectivity index (χ1) is 23.1. The fourth-order valence-electron chi connectivity index (χ4n) is 7.22. The van der Waals surface area contributed by atoms with Crippen molar-refractivity contribution in [2.24, 2.45) is 0 Å². The molecule has 3 aliphatic rings. The van der Waals surface area contributed by atoms with E-state index in [0.29, 0.717) is 6.04 Å². The summed E-state index contributed by atoms with van der Waals surface area (Å²) in [4.78, 5) is 12.8. The number of hydrogen-bond donors (Lipinski definition) is 2. The highest BCUT2D eigenvalue weighted by Gasteiger charge is 2.26. The van der Waals surface area contributed by atoms with Crippen molar-refractivity contribution in [2.75, 3.05) is 113 Å². The molecular weight excluding hydrogens is 578 g/mol. The first-order valence-electron chi connectivity index (χ1n) is 19.1. The van der Waals surface area contributed by atoms with Gasteiger partial charge in [-0.3, -0.25) is 9.80 Å². The predicted molar refractivity (Wildman–Crippen MR) is 204 cm³/mol. The fraction of sp³-hybridized carbons (Fsp3) is 0.700. The molecule has 1 unspecified atom stereocenters. The highest BCUT2D eigenvalue weighted by Crippen LogP contribution is 2.29. The Labute approximate surface area is 290 Å². The van der Waals surface area contributed by atoms with Gasteiger partial charge in [0.25, 0.3) is 0 Å². The van der Waals surface area contributed by atoms with Crippen molar-refractivity contribution >= 4 is 0 Å². The molecule has 0 radical (unpaired) electrons. The van der Waals surface area contributed by atoms with Crippen LogP contribution in [-0.2, 0) is 0 Å². The molecule has 7 nitrogen and oxygen atoms in total.